The quantitative estimate of drug-likeness (QED) is 0.870. The van der Waals surface area contributed by atoms with Crippen LogP contribution in [0.4, 0.5) is 0 Å². The first-order chi connectivity index (χ1) is 7.41. The molecule has 0 aliphatic rings. The number of ketones is 1. The number of Topliss-reactive ketones (excluding diaryl/α,β-unsaturated/α-hetero) is 1. The molecular weight excluding hydrogens is 295 g/mol. The average Bonchev–Trinajstić information content (AvgIpc) is 2.15. The second-order valence-electron chi connectivity index (χ2n) is 3.39. The molecule has 0 amide bonds. The van der Waals surface area contributed by atoms with Crippen LogP contribution < -0.4 is 0 Å². The van der Waals surface area contributed by atoms with Gasteiger partial charge in [-0.15, -0.1) is 11.6 Å². The molecule has 1 atom stereocenters. The molecule has 0 saturated carbocycles. The van der Waals surface area contributed by atoms with Crippen molar-refractivity contribution in [3.8, 4) is 0 Å². The predicted molar refractivity (Wildman–Crippen MR) is 64.8 cm³/mol. The van der Waals surface area contributed by atoms with Crippen LogP contribution in [0.15, 0.2) is 22.7 Å². The number of hydrogen-bond donors (Lipinski definition) is 1. The zero-order chi connectivity index (χ0) is 12.3. The van der Waals surface area contributed by atoms with Crippen LogP contribution in [-0.2, 0) is 16.0 Å². The number of carboxylic acid groups (broad SMARTS) is 1. The second kappa shape index (κ2) is 5.46. The van der Waals surface area contributed by atoms with Crippen LogP contribution in [0.5, 0.6) is 0 Å². The number of carboxylic acids is 1. The summed E-state index contributed by atoms with van der Waals surface area (Å²) < 4.78 is 0.764. The molecule has 1 aromatic rings. The maximum absolute atomic E-state index is 11.2. The fraction of sp³-hybridized carbons (Fsp3) is 0.273. The van der Waals surface area contributed by atoms with Gasteiger partial charge in [0.25, 0.3) is 0 Å². The third-order valence-corrected chi connectivity index (χ3v) is 3.11. The molecule has 86 valence electrons. The molecule has 1 rings (SSSR count). The predicted octanol–water partition coefficient (Wildman–Crippen LogP) is 2.95. The molecule has 0 aliphatic heterocycles. The molecule has 0 bridgehead atoms. The molecule has 0 spiro atoms. The Labute approximate surface area is 107 Å². The Hall–Kier alpha value is -0.870. The first-order valence-electron chi connectivity index (χ1n) is 4.56. The van der Waals surface area contributed by atoms with Gasteiger partial charge in [-0.2, -0.15) is 0 Å². The maximum atomic E-state index is 11.2. The molecule has 3 nitrogen and oxygen atoms in total. The lowest BCUT2D eigenvalue weighted by Crippen LogP contribution is -2.09. The van der Waals surface area contributed by atoms with Crippen LogP contribution in [0.2, 0.25) is 0 Å². The molecule has 0 aliphatic carbocycles. The zero-order valence-electron chi connectivity index (χ0n) is 8.54. The molecule has 0 fully saturated rings. The Morgan fingerprint density at radius 1 is 1.50 bits per heavy atom. The first kappa shape index (κ1) is 13.2. The van der Waals surface area contributed by atoms with Crippen LogP contribution in [0.1, 0.15) is 23.4 Å². The van der Waals surface area contributed by atoms with Gasteiger partial charge in [-0.05, 0) is 30.2 Å². The monoisotopic (exact) mass is 304 g/mol. The number of halogens is 2. The van der Waals surface area contributed by atoms with E-state index in [4.69, 9.17) is 16.7 Å². The Kier molecular flexibility index (Phi) is 4.50. The standard InChI is InChI=1S/C11H10BrClO3/c1-6(14)11(13)9-3-2-8(12)4-7(9)5-10(15)16/h2-4,11H,5H2,1H3,(H,15,16). The van der Waals surface area contributed by atoms with Gasteiger partial charge in [0.1, 0.15) is 5.38 Å². The van der Waals surface area contributed by atoms with E-state index >= 15 is 0 Å². The second-order valence-corrected chi connectivity index (χ2v) is 4.74. The van der Waals surface area contributed by atoms with Crippen molar-refractivity contribution >= 4 is 39.3 Å². The molecule has 5 heteroatoms. The number of hydrogen-bond acceptors (Lipinski definition) is 2. The Bertz CT molecular complexity index is 431. The fourth-order valence-electron chi connectivity index (χ4n) is 1.36. The van der Waals surface area contributed by atoms with Crippen LogP contribution >= 0.6 is 27.5 Å². The third kappa shape index (κ3) is 3.32. The summed E-state index contributed by atoms with van der Waals surface area (Å²) in [5.74, 6) is -1.15. The van der Waals surface area contributed by atoms with E-state index < -0.39 is 11.3 Å². The molecule has 1 aromatic carbocycles. The minimum atomic E-state index is -0.952. The van der Waals surface area contributed by atoms with Crippen molar-refractivity contribution in [3.05, 3.63) is 33.8 Å². The van der Waals surface area contributed by atoms with Gasteiger partial charge in [0.05, 0.1) is 6.42 Å². The normalized spacial score (nSPS) is 12.2. The summed E-state index contributed by atoms with van der Waals surface area (Å²) in [6.07, 6.45) is -0.148. The highest BCUT2D eigenvalue weighted by Gasteiger charge is 2.18. The molecule has 16 heavy (non-hydrogen) atoms. The van der Waals surface area contributed by atoms with Crippen molar-refractivity contribution in [3.63, 3.8) is 0 Å². The largest absolute Gasteiger partial charge is 0.481 e. The molecule has 0 aromatic heterocycles. The molecular formula is C11H10BrClO3. The van der Waals surface area contributed by atoms with Crippen molar-refractivity contribution in [1.82, 2.24) is 0 Å². The number of rotatable bonds is 4. The number of aliphatic carboxylic acids is 1. The van der Waals surface area contributed by atoms with Gasteiger partial charge in [0.15, 0.2) is 5.78 Å². The van der Waals surface area contributed by atoms with Gasteiger partial charge in [-0.1, -0.05) is 22.0 Å². The van der Waals surface area contributed by atoms with Crippen LogP contribution in [0.25, 0.3) is 0 Å². The van der Waals surface area contributed by atoms with Gasteiger partial charge in [-0.25, -0.2) is 0 Å². The van der Waals surface area contributed by atoms with Crippen molar-refractivity contribution in [2.75, 3.05) is 0 Å². The third-order valence-electron chi connectivity index (χ3n) is 2.08. The van der Waals surface area contributed by atoms with Crippen LogP contribution in [-0.4, -0.2) is 16.9 Å². The van der Waals surface area contributed by atoms with E-state index in [1.807, 2.05) is 0 Å². The van der Waals surface area contributed by atoms with Gasteiger partial charge in [0, 0.05) is 4.47 Å². The lowest BCUT2D eigenvalue weighted by molar-refractivity contribution is -0.136. The minimum absolute atomic E-state index is 0.148. The molecule has 1 N–H and O–H groups in total. The number of benzene rings is 1. The highest BCUT2D eigenvalue weighted by molar-refractivity contribution is 9.10. The van der Waals surface area contributed by atoms with Gasteiger partial charge in [-0.3, -0.25) is 9.59 Å². The first-order valence-corrected chi connectivity index (χ1v) is 5.79. The fourth-order valence-corrected chi connectivity index (χ4v) is 1.98. The summed E-state index contributed by atoms with van der Waals surface area (Å²) in [5.41, 5.74) is 1.11. The number of alkyl halides is 1. The van der Waals surface area contributed by atoms with Gasteiger partial charge in [0.2, 0.25) is 0 Å². The summed E-state index contributed by atoms with van der Waals surface area (Å²) in [7, 11) is 0. The summed E-state index contributed by atoms with van der Waals surface area (Å²) in [4.78, 5) is 21.9. The van der Waals surface area contributed by atoms with E-state index in [-0.39, 0.29) is 12.2 Å². The lowest BCUT2D eigenvalue weighted by Gasteiger charge is -2.11. The van der Waals surface area contributed by atoms with E-state index in [0.717, 1.165) is 4.47 Å². The summed E-state index contributed by atoms with van der Waals surface area (Å²) in [6, 6.07) is 5.07. The van der Waals surface area contributed by atoms with Crippen LogP contribution in [0.3, 0.4) is 0 Å². The molecule has 0 radical (unpaired) electrons. The maximum Gasteiger partial charge on any atom is 0.307 e. The highest BCUT2D eigenvalue weighted by Crippen LogP contribution is 2.27. The molecule has 1 unspecified atom stereocenters. The summed E-state index contributed by atoms with van der Waals surface area (Å²) in [5, 5.41) is 7.97. The average molecular weight is 306 g/mol. The van der Waals surface area contributed by atoms with E-state index in [1.54, 1.807) is 18.2 Å². The van der Waals surface area contributed by atoms with Crippen molar-refractivity contribution in [2.24, 2.45) is 0 Å². The van der Waals surface area contributed by atoms with E-state index in [2.05, 4.69) is 15.9 Å². The molecule has 0 saturated heterocycles. The zero-order valence-corrected chi connectivity index (χ0v) is 10.9. The summed E-state index contributed by atoms with van der Waals surface area (Å²) in [6.45, 7) is 1.38. The SMILES string of the molecule is CC(=O)C(Cl)c1ccc(Br)cc1CC(=O)O. The number of carbonyl (C=O) groups excluding carboxylic acids is 1. The lowest BCUT2D eigenvalue weighted by atomic mass is 10.00. The van der Waals surface area contributed by atoms with Crippen molar-refractivity contribution in [1.29, 1.82) is 0 Å². The Morgan fingerprint density at radius 3 is 2.62 bits per heavy atom. The van der Waals surface area contributed by atoms with Crippen LogP contribution in [0, 0.1) is 0 Å². The topological polar surface area (TPSA) is 54.4 Å². The molecule has 0 heterocycles. The smallest absolute Gasteiger partial charge is 0.307 e. The van der Waals surface area contributed by atoms with Gasteiger partial charge >= 0.3 is 5.97 Å². The van der Waals surface area contributed by atoms with Gasteiger partial charge < -0.3 is 5.11 Å². The van der Waals surface area contributed by atoms with E-state index in [0.29, 0.717) is 11.1 Å². The van der Waals surface area contributed by atoms with Crippen molar-refractivity contribution in [2.45, 2.75) is 18.7 Å². The summed E-state index contributed by atoms with van der Waals surface area (Å²) >= 11 is 9.18. The highest BCUT2D eigenvalue weighted by atomic mass is 79.9. The number of carbonyl (C=O) groups is 2. The van der Waals surface area contributed by atoms with Crippen molar-refractivity contribution < 1.29 is 14.7 Å². The Morgan fingerprint density at radius 2 is 2.12 bits per heavy atom. The van der Waals surface area contributed by atoms with E-state index in [1.165, 1.54) is 6.92 Å². The minimum Gasteiger partial charge on any atom is -0.481 e. The Balaban J connectivity index is 3.16. The van der Waals surface area contributed by atoms with E-state index in [9.17, 15) is 9.59 Å².